The molecule has 1 amide bonds. The molecule has 0 N–H and O–H groups in total. The maximum atomic E-state index is 13.0. The van der Waals surface area contributed by atoms with Crippen LogP contribution in [0, 0.1) is 6.92 Å². The predicted molar refractivity (Wildman–Crippen MR) is 122 cm³/mol. The van der Waals surface area contributed by atoms with Crippen molar-refractivity contribution < 1.29 is 14.3 Å². The smallest absolute Gasteiger partial charge is 0.341 e. The van der Waals surface area contributed by atoms with Crippen LogP contribution in [0.15, 0.2) is 54.7 Å². The van der Waals surface area contributed by atoms with E-state index in [2.05, 4.69) is 9.88 Å². The van der Waals surface area contributed by atoms with Gasteiger partial charge >= 0.3 is 5.97 Å². The van der Waals surface area contributed by atoms with Crippen LogP contribution < -0.4 is 4.90 Å². The van der Waals surface area contributed by atoms with Crippen LogP contribution in [0.5, 0.6) is 0 Å². The summed E-state index contributed by atoms with van der Waals surface area (Å²) in [6.07, 6.45) is 2.42. The number of pyridine rings is 1. The van der Waals surface area contributed by atoms with Gasteiger partial charge in [0.15, 0.2) is 0 Å². The molecule has 1 aliphatic rings. The molecular weight excluding hydrogens is 390 g/mol. The van der Waals surface area contributed by atoms with E-state index < -0.39 is 0 Å². The quantitative estimate of drug-likeness (QED) is 0.599. The Morgan fingerprint density at radius 3 is 2.68 bits per heavy atom. The van der Waals surface area contributed by atoms with Gasteiger partial charge in [-0.2, -0.15) is 0 Å². The number of fused-ring (bicyclic) bond motifs is 1. The lowest BCUT2D eigenvalue weighted by atomic mass is 10.1. The average Bonchev–Trinajstić information content (AvgIpc) is 3.04. The summed E-state index contributed by atoms with van der Waals surface area (Å²) in [5.74, 6) is -0.316. The summed E-state index contributed by atoms with van der Waals surface area (Å²) in [7, 11) is 0. The number of anilines is 1. The van der Waals surface area contributed by atoms with Crippen LogP contribution in [0.2, 0.25) is 0 Å². The number of amides is 1. The van der Waals surface area contributed by atoms with Crippen LogP contribution in [-0.4, -0.2) is 54.5 Å². The van der Waals surface area contributed by atoms with Gasteiger partial charge in [0.05, 0.1) is 17.8 Å². The van der Waals surface area contributed by atoms with Crippen molar-refractivity contribution in [2.75, 3.05) is 37.7 Å². The lowest BCUT2D eigenvalue weighted by Gasteiger charge is -2.26. The maximum Gasteiger partial charge on any atom is 0.341 e. The number of ether oxygens (including phenoxy) is 1. The highest BCUT2D eigenvalue weighted by atomic mass is 16.5. The van der Waals surface area contributed by atoms with Crippen molar-refractivity contribution in [1.82, 2.24) is 9.88 Å². The van der Waals surface area contributed by atoms with Crippen molar-refractivity contribution >= 4 is 28.5 Å². The van der Waals surface area contributed by atoms with Crippen molar-refractivity contribution in [3.8, 4) is 0 Å². The zero-order valence-electron chi connectivity index (χ0n) is 18.0. The summed E-state index contributed by atoms with van der Waals surface area (Å²) in [6, 6.07) is 15.5. The first-order valence-corrected chi connectivity index (χ1v) is 10.7. The second-order valence-electron chi connectivity index (χ2n) is 7.76. The molecule has 2 heterocycles. The lowest BCUT2D eigenvalue weighted by molar-refractivity contribution is 0.0526. The largest absolute Gasteiger partial charge is 0.462 e. The summed E-state index contributed by atoms with van der Waals surface area (Å²) in [5, 5.41) is 0.923. The van der Waals surface area contributed by atoms with Crippen molar-refractivity contribution in [3.63, 3.8) is 0 Å². The van der Waals surface area contributed by atoms with Crippen molar-refractivity contribution in [1.29, 1.82) is 0 Å². The number of rotatable bonds is 4. The first kappa shape index (κ1) is 20.8. The molecule has 6 nitrogen and oxygen atoms in total. The normalized spacial score (nSPS) is 14.4. The predicted octanol–water partition coefficient (Wildman–Crippen LogP) is 4.07. The molecule has 2 aromatic carbocycles. The zero-order chi connectivity index (χ0) is 21.8. The highest BCUT2D eigenvalue weighted by molar-refractivity contribution is 6.05. The number of carbonyl (C=O) groups is 2. The molecule has 31 heavy (non-hydrogen) atoms. The number of benzene rings is 2. The summed E-state index contributed by atoms with van der Waals surface area (Å²) < 4.78 is 5.30. The number of esters is 1. The molecule has 1 saturated heterocycles. The van der Waals surface area contributed by atoms with E-state index >= 15 is 0 Å². The molecule has 0 unspecified atom stereocenters. The van der Waals surface area contributed by atoms with Crippen molar-refractivity contribution in [2.45, 2.75) is 20.3 Å². The Kier molecular flexibility index (Phi) is 6.16. The van der Waals surface area contributed by atoms with Gasteiger partial charge in [-0.25, -0.2) is 4.79 Å². The minimum Gasteiger partial charge on any atom is -0.462 e. The molecule has 6 heteroatoms. The monoisotopic (exact) mass is 417 g/mol. The molecule has 0 saturated carbocycles. The molecule has 0 bridgehead atoms. The van der Waals surface area contributed by atoms with Crippen LogP contribution in [0.1, 0.15) is 39.6 Å². The maximum absolute atomic E-state index is 13.0. The van der Waals surface area contributed by atoms with Gasteiger partial charge in [0.1, 0.15) is 5.56 Å². The summed E-state index contributed by atoms with van der Waals surface area (Å²) in [4.78, 5) is 34.3. The standard InChI is InChI=1S/C25H27N3O3/c1-3-31-25(30)21-17-26-22-11-5-4-10-20(22)23(21)27-12-7-13-28(15-14-27)24(29)19-9-6-8-18(2)16-19/h4-6,8-11,16-17H,3,7,12-15H2,1-2H3. The van der Waals surface area contributed by atoms with E-state index in [1.54, 1.807) is 13.1 Å². The van der Waals surface area contributed by atoms with E-state index in [0.29, 0.717) is 31.8 Å². The SMILES string of the molecule is CCOC(=O)c1cnc2ccccc2c1N1CCCN(C(=O)c2cccc(C)c2)CC1. The summed E-state index contributed by atoms with van der Waals surface area (Å²) in [5.41, 5.74) is 3.94. The van der Waals surface area contributed by atoms with E-state index in [-0.39, 0.29) is 11.9 Å². The van der Waals surface area contributed by atoms with Gasteiger partial charge in [-0.05, 0) is 38.5 Å². The Hall–Kier alpha value is -3.41. The Morgan fingerprint density at radius 2 is 1.87 bits per heavy atom. The minimum absolute atomic E-state index is 0.0516. The van der Waals surface area contributed by atoms with Crippen LogP contribution >= 0.6 is 0 Å². The fourth-order valence-electron chi connectivity index (χ4n) is 4.13. The third-order valence-electron chi connectivity index (χ3n) is 5.61. The van der Waals surface area contributed by atoms with Gasteiger partial charge in [-0.15, -0.1) is 0 Å². The number of para-hydroxylation sites is 1. The van der Waals surface area contributed by atoms with Gasteiger partial charge in [0.25, 0.3) is 5.91 Å². The Morgan fingerprint density at radius 1 is 1.03 bits per heavy atom. The Bertz CT molecular complexity index is 1110. The molecule has 3 aromatic rings. The van der Waals surface area contributed by atoms with E-state index in [4.69, 9.17) is 4.74 Å². The molecule has 0 radical (unpaired) electrons. The molecule has 0 aliphatic carbocycles. The van der Waals surface area contributed by atoms with E-state index in [1.165, 1.54) is 0 Å². The highest BCUT2D eigenvalue weighted by Crippen LogP contribution is 2.31. The van der Waals surface area contributed by atoms with Crippen LogP contribution in [0.4, 0.5) is 5.69 Å². The Labute approximate surface area is 182 Å². The first-order chi connectivity index (χ1) is 15.1. The van der Waals surface area contributed by atoms with Gasteiger partial charge in [-0.1, -0.05) is 35.9 Å². The van der Waals surface area contributed by atoms with E-state index in [0.717, 1.165) is 40.7 Å². The van der Waals surface area contributed by atoms with Gasteiger partial charge in [0, 0.05) is 43.3 Å². The molecule has 1 aliphatic heterocycles. The molecule has 4 rings (SSSR count). The molecular formula is C25H27N3O3. The van der Waals surface area contributed by atoms with Crippen molar-refractivity contribution in [2.24, 2.45) is 0 Å². The van der Waals surface area contributed by atoms with Gasteiger partial charge in [-0.3, -0.25) is 9.78 Å². The molecule has 160 valence electrons. The lowest BCUT2D eigenvalue weighted by Crippen LogP contribution is -2.35. The first-order valence-electron chi connectivity index (χ1n) is 10.7. The summed E-state index contributed by atoms with van der Waals surface area (Å²) in [6.45, 7) is 6.76. The summed E-state index contributed by atoms with van der Waals surface area (Å²) >= 11 is 0. The fourth-order valence-corrected chi connectivity index (χ4v) is 4.13. The number of aromatic nitrogens is 1. The van der Waals surface area contributed by atoms with Crippen molar-refractivity contribution in [3.05, 3.63) is 71.4 Å². The highest BCUT2D eigenvalue weighted by Gasteiger charge is 2.25. The number of nitrogens with zero attached hydrogens (tertiary/aromatic N) is 3. The molecule has 1 fully saturated rings. The molecule has 0 atom stereocenters. The van der Waals surface area contributed by atoms with Gasteiger partial charge in [0.2, 0.25) is 0 Å². The van der Waals surface area contributed by atoms with Crippen LogP contribution in [-0.2, 0) is 4.74 Å². The molecule has 0 spiro atoms. The average molecular weight is 418 g/mol. The third-order valence-corrected chi connectivity index (χ3v) is 5.61. The van der Waals surface area contributed by atoms with Crippen LogP contribution in [0.25, 0.3) is 10.9 Å². The number of aryl methyl sites for hydroxylation is 1. The number of hydrogen-bond donors (Lipinski definition) is 0. The topological polar surface area (TPSA) is 62.7 Å². The second-order valence-corrected chi connectivity index (χ2v) is 7.76. The second kappa shape index (κ2) is 9.16. The van der Waals surface area contributed by atoms with E-state index in [1.807, 2.05) is 60.4 Å². The minimum atomic E-state index is -0.368. The zero-order valence-corrected chi connectivity index (χ0v) is 18.0. The number of hydrogen-bond acceptors (Lipinski definition) is 5. The molecule has 1 aromatic heterocycles. The fraction of sp³-hybridized carbons (Fsp3) is 0.320. The number of carbonyl (C=O) groups excluding carboxylic acids is 2. The third kappa shape index (κ3) is 4.38. The Balaban J connectivity index is 1.64. The van der Waals surface area contributed by atoms with E-state index in [9.17, 15) is 9.59 Å². The van der Waals surface area contributed by atoms with Gasteiger partial charge < -0.3 is 14.5 Å². The van der Waals surface area contributed by atoms with Crippen LogP contribution in [0.3, 0.4) is 0 Å².